The van der Waals surface area contributed by atoms with Crippen LogP contribution in [0.4, 0.5) is 0 Å². The Labute approximate surface area is 70.2 Å². The molecule has 0 aliphatic heterocycles. The van der Waals surface area contributed by atoms with Crippen LogP contribution in [0.1, 0.15) is 13.3 Å². The Bertz CT molecular complexity index is 178. The Morgan fingerprint density at radius 2 is 2.00 bits per heavy atom. The van der Waals surface area contributed by atoms with Gasteiger partial charge in [-0.25, -0.2) is 0 Å². The maximum Gasteiger partial charge on any atom is 0.314 e. The van der Waals surface area contributed by atoms with Crippen LogP contribution in [-0.2, 0) is 9.59 Å². The lowest BCUT2D eigenvalue weighted by molar-refractivity contribution is -0.147. The van der Waals surface area contributed by atoms with E-state index in [4.69, 9.17) is 15.9 Å². The van der Waals surface area contributed by atoms with Gasteiger partial charge >= 0.3 is 5.97 Å². The Hall–Kier alpha value is -0.940. The van der Waals surface area contributed by atoms with Crippen LogP contribution >= 0.6 is 0 Å². The van der Waals surface area contributed by atoms with Gasteiger partial charge in [-0.3, -0.25) is 9.59 Å². The SMILES string of the molecule is C[C@@H](N)C(=O)C(CCO)C(=O)O. The third-order valence-corrected chi connectivity index (χ3v) is 1.51. The highest BCUT2D eigenvalue weighted by Crippen LogP contribution is 2.06. The minimum atomic E-state index is -1.23. The number of carboxylic acids is 1. The zero-order valence-corrected chi connectivity index (χ0v) is 6.86. The minimum absolute atomic E-state index is 0.0737. The first kappa shape index (κ1) is 11.1. The van der Waals surface area contributed by atoms with Gasteiger partial charge in [0, 0.05) is 6.61 Å². The molecule has 0 radical (unpaired) electrons. The predicted octanol–water partition coefficient (Wildman–Crippen LogP) is -1.01. The zero-order chi connectivity index (χ0) is 9.72. The van der Waals surface area contributed by atoms with E-state index < -0.39 is 23.7 Å². The molecular formula is C7H13NO4. The van der Waals surface area contributed by atoms with Crippen molar-refractivity contribution in [3.8, 4) is 0 Å². The van der Waals surface area contributed by atoms with Crippen molar-refractivity contribution in [1.29, 1.82) is 0 Å². The Balaban J connectivity index is 4.30. The topological polar surface area (TPSA) is 101 Å². The molecule has 5 heteroatoms. The van der Waals surface area contributed by atoms with Crippen molar-refractivity contribution in [3.05, 3.63) is 0 Å². The lowest BCUT2D eigenvalue weighted by Gasteiger charge is -2.11. The summed E-state index contributed by atoms with van der Waals surface area (Å²) < 4.78 is 0. The predicted molar refractivity (Wildman–Crippen MR) is 41.5 cm³/mol. The molecule has 0 saturated heterocycles. The number of Topliss-reactive ketones (excluding diaryl/α,β-unsaturated/α-hetero) is 1. The molecule has 0 bridgehead atoms. The van der Waals surface area contributed by atoms with Gasteiger partial charge in [0.15, 0.2) is 5.78 Å². The maximum atomic E-state index is 11.1. The number of ketones is 1. The second-order valence-electron chi connectivity index (χ2n) is 2.59. The van der Waals surface area contributed by atoms with Gasteiger partial charge < -0.3 is 15.9 Å². The molecule has 2 atom stereocenters. The number of aliphatic hydroxyl groups is 1. The van der Waals surface area contributed by atoms with Gasteiger partial charge in [0.05, 0.1) is 6.04 Å². The second kappa shape index (κ2) is 4.84. The summed E-state index contributed by atoms with van der Waals surface area (Å²) in [5, 5.41) is 17.0. The molecule has 12 heavy (non-hydrogen) atoms. The average Bonchev–Trinajstić information content (AvgIpc) is 1.98. The van der Waals surface area contributed by atoms with Crippen LogP contribution in [-0.4, -0.2) is 34.6 Å². The second-order valence-corrected chi connectivity index (χ2v) is 2.59. The number of aliphatic hydroxyl groups excluding tert-OH is 1. The molecule has 70 valence electrons. The number of carbonyl (C=O) groups excluding carboxylic acids is 1. The number of rotatable bonds is 5. The number of aliphatic carboxylic acids is 1. The first-order chi connectivity index (χ1) is 5.50. The van der Waals surface area contributed by atoms with E-state index in [0.717, 1.165) is 0 Å². The third-order valence-electron chi connectivity index (χ3n) is 1.51. The van der Waals surface area contributed by atoms with E-state index in [2.05, 4.69) is 0 Å². The normalized spacial score (nSPS) is 15.2. The third kappa shape index (κ3) is 2.98. The molecule has 0 aromatic carbocycles. The maximum absolute atomic E-state index is 11.1. The Kier molecular flexibility index (Phi) is 4.46. The van der Waals surface area contributed by atoms with Gasteiger partial charge in [0.2, 0.25) is 0 Å². The molecule has 5 nitrogen and oxygen atoms in total. The van der Waals surface area contributed by atoms with Crippen molar-refractivity contribution in [2.45, 2.75) is 19.4 Å². The highest BCUT2D eigenvalue weighted by molar-refractivity contribution is 6.00. The van der Waals surface area contributed by atoms with E-state index in [-0.39, 0.29) is 13.0 Å². The molecule has 0 aliphatic rings. The number of carboxylic acid groups (broad SMARTS) is 1. The fraction of sp³-hybridized carbons (Fsp3) is 0.714. The van der Waals surface area contributed by atoms with Gasteiger partial charge in [-0.1, -0.05) is 0 Å². The van der Waals surface area contributed by atoms with E-state index in [1.54, 1.807) is 0 Å². The fourth-order valence-electron chi connectivity index (χ4n) is 0.834. The molecular weight excluding hydrogens is 162 g/mol. The van der Waals surface area contributed by atoms with Gasteiger partial charge in [-0.2, -0.15) is 0 Å². The van der Waals surface area contributed by atoms with Crippen LogP contribution < -0.4 is 5.73 Å². The highest BCUT2D eigenvalue weighted by Gasteiger charge is 2.27. The summed E-state index contributed by atoms with van der Waals surface area (Å²) in [6.07, 6.45) is -0.0737. The number of nitrogens with two attached hydrogens (primary N) is 1. The lowest BCUT2D eigenvalue weighted by Crippen LogP contribution is -2.37. The standard InChI is InChI=1S/C7H13NO4/c1-4(8)6(10)5(2-3-9)7(11)12/h4-5,9H,2-3,8H2,1H3,(H,11,12)/t4-,5?/m1/s1. The van der Waals surface area contributed by atoms with E-state index >= 15 is 0 Å². The van der Waals surface area contributed by atoms with Crippen LogP contribution in [0.15, 0.2) is 0 Å². The molecule has 0 rings (SSSR count). The van der Waals surface area contributed by atoms with E-state index in [1.807, 2.05) is 0 Å². The molecule has 0 fully saturated rings. The monoisotopic (exact) mass is 175 g/mol. The van der Waals surface area contributed by atoms with Crippen molar-refractivity contribution >= 4 is 11.8 Å². The van der Waals surface area contributed by atoms with E-state index in [9.17, 15) is 9.59 Å². The smallest absolute Gasteiger partial charge is 0.314 e. The summed E-state index contributed by atoms with van der Waals surface area (Å²) >= 11 is 0. The molecule has 4 N–H and O–H groups in total. The molecule has 0 aromatic rings. The largest absolute Gasteiger partial charge is 0.481 e. The quantitative estimate of drug-likeness (QED) is 0.464. The van der Waals surface area contributed by atoms with Crippen LogP contribution in [0.3, 0.4) is 0 Å². The van der Waals surface area contributed by atoms with Gasteiger partial charge in [-0.05, 0) is 13.3 Å². The van der Waals surface area contributed by atoms with Crippen molar-refractivity contribution in [2.24, 2.45) is 11.7 Å². The molecule has 0 aliphatic carbocycles. The summed E-state index contributed by atoms with van der Waals surface area (Å²) in [6.45, 7) is 1.10. The molecule has 0 saturated carbocycles. The molecule has 0 amide bonds. The Morgan fingerprint density at radius 3 is 2.25 bits per heavy atom. The van der Waals surface area contributed by atoms with Gasteiger partial charge in [0.1, 0.15) is 5.92 Å². The van der Waals surface area contributed by atoms with E-state index in [0.29, 0.717) is 0 Å². The minimum Gasteiger partial charge on any atom is -0.481 e. The van der Waals surface area contributed by atoms with Crippen LogP contribution in [0.5, 0.6) is 0 Å². The highest BCUT2D eigenvalue weighted by atomic mass is 16.4. The van der Waals surface area contributed by atoms with Crippen molar-refractivity contribution in [1.82, 2.24) is 0 Å². The zero-order valence-electron chi connectivity index (χ0n) is 6.86. The van der Waals surface area contributed by atoms with Gasteiger partial charge in [0.25, 0.3) is 0 Å². The number of hydrogen-bond acceptors (Lipinski definition) is 4. The summed E-state index contributed by atoms with van der Waals surface area (Å²) in [7, 11) is 0. The van der Waals surface area contributed by atoms with Crippen LogP contribution in [0, 0.1) is 5.92 Å². The van der Waals surface area contributed by atoms with Crippen molar-refractivity contribution in [3.63, 3.8) is 0 Å². The number of hydrogen-bond donors (Lipinski definition) is 3. The Morgan fingerprint density at radius 1 is 1.50 bits per heavy atom. The first-order valence-corrected chi connectivity index (χ1v) is 3.63. The van der Waals surface area contributed by atoms with E-state index in [1.165, 1.54) is 6.92 Å². The van der Waals surface area contributed by atoms with Gasteiger partial charge in [-0.15, -0.1) is 0 Å². The van der Waals surface area contributed by atoms with Crippen molar-refractivity contribution in [2.75, 3.05) is 6.61 Å². The van der Waals surface area contributed by atoms with Crippen LogP contribution in [0.2, 0.25) is 0 Å². The molecule has 0 spiro atoms. The summed E-state index contributed by atoms with van der Waals surface area (Å²) in [6, 6.07) is -0.794. The van der Waals surface area contributed by atoms with Crippen LogP contribution in [0.25, 0.3) is 0 Å². The first-order valence-electron chi connectivity index (χ1n) is 3.63. The number of carbonyl (C=O) groups is 2. The molecule has 0 aromatic heterocycles. The fourth-order valence-corrected chi connectivity index (χ4v) is 0.834. The average molecular weight is 175 g/mol. The lowest BCUT2D eigenvalue weighted by atomic mass is 9.96. The summed E-state index contributed by atoms with van der Waals surface area (Å²) in [4.78, 5) is 21.5. The molecule has 1 unspecified atom stereocenters. The summed E-state index contributed by atoms with van der Waals surface area (Å²) in [5.74, 6) is -2.95. The van der Waals surface area contributed by atoms with Crippen molar-refractivity contribution < 1.29 is 19.8 Å². The summed E-state index contributed by atoms with van der Waals surface area (Å²) in [5.41, 5.74) is 5.21. The molecule has 0 heterocycles.